The first-order valence-corrected chi connectivity index (χ1v) is 3.82. The Morgan fingerprint density at radius 2 is 1.91 bits per heavy atom. The van der Waals surface area contributed by atoms with E-state index in [4.69, 9.17) is 0 Å². The van der Waals surface area contributed by atoms with E-state index in [1.54, 1.807) is 0 Å². The summed E-state index contributed by atoms with van der Waals surface area (Å²) in [5, 5.41) is 5.49. The zero-order chi connectivity index (χ0) is 7.84. The number of amides is 2. The highest BCUT2D eigenvalue weighted by molar-refractivity contribution is 5.88. The molecule has 0 radical (unpaired) electrons. The van der Waals surface area contributed by atoms with Crippen LogP contribution < -0.4 is 10.6 Å². The van der Waals surface area contributed by atoms with E-state index in [-0.39, 0.29) is 17.7 Å². The lowest BCUT2D eigenvalue weighted by atomic mass is 9.89. The minimum absolute atomic E-state index is 0.00306. The summed E-state index contributed by atoms with van der Waals surface area (Å²) in [7, 11) is 0. The van der Waals surface area contributed by atoms with Crippen LogP contribution in [-0.2, 0) is 9.59 Å². The fourth-order valence-corrected chi connectivity index (χ4v) is 1.71. The van der Waals surface area contributed by atoms with Gasteiger partial charge in [-0.3, -0.25) is 9.59 Å². The van der Waals surface area contributed by atoms with E-state index in [0.717, 1.165) is 6.54 Å². The fraction of sp³-hybridized carbons (Fsp3) is 0.714. The fourth-order valence-electron chi connectivity index (χ4n) is 1.71. The monoisotopic (exact) mass is 154 g/mol. The number of carbonyl (C=O) groups is 2. The maximum absolute atomic E-state index is 11.1. The minimum atomic E-state index is -0.0521. The van der Waals surface area contributed by atoms with Crippen molar-refractivity contribution in [2.24, 2.45) is 11.8 Å². The topological polar surface area (TPSA) is 58.2 Å². The molecular weight excluding hydrogens is 144 g/mol. The molecule has 0 bridgehead atoms. The first kappa shape index (κ1) is 6.64. The maximum Gasteiger partial charge on any atom is 0.224 e. The molecule has 2 aliphatic heterocycles. The smallest absolute Gasteiger partial charge is 0.224 e. The molecule has 2 saturated heterocycles. The molecule has 0 aliphatic carbocycles. The predicted octanol–water partition coefficient (Wildman–Crippen LogP) is -1.13. The molecule has 0 aromatic rings. The lowest BCUT2D eigenvalue weighted by Crippen LogP contribution is -2.40. The minimum Gasteiger partial charge on any atom is -0.356 e. The second kappa shape index (κ2) is 2.22. The molecule has 4 nitrogen and oxygen atoms in total. The summed E-state index contributed by atoms with van der Waals surface area (Å²) in [5.74, 6) is 0.331. The van der Waals surface area contributed by atoms with Crippen LogP contribution in [0.2, 0.25) is 0 Å². The second-order valence-corrected chi connectivity index (χ2v) is 3.12. The Hall–Kier alpha value is -1.06. The molecular formula is C7H10N2O2. The number of carbonyl (C=O) groups excluding carboxylic acids is 2. The number of hydrogen-bond acceptors (Lipinski definition) is 2. The van der Waals surface area contributed by atoms with Crippen molar-refractivity contribution >= 4 is 11.8 Å². The molecule has 2 aliphatic rings. The Kier molecular flexibility index (Phi) is 1.34. The standard InChI is InChI=1S/C7H10N2O2/c10-6-1-5-4(2-8-6)3-9-7(5)11/h4-5H,1-3H2,(H,8,10)(H,9,11)/t4-,5-/m1/s1. The zero-order valence-corrected chi connectivity index (χ0v) is 6.09. The number of rotatable bonds is 0. The van der Waals surface area contributed by atoms with Gasteiger partial charge in [0.25, 0.3) is 0 Å². The number of hydrogen-bond donors (Lipinski definition) is 2. The molecule has 11 heavy (non-hydrogen) atoms. The van der Waals surface area contributed by atoms with Gasteiger partial charge >= 0.3 is 0 Å². The summed E-state index contributed by atoms with van der Waals surface area (Å²) in [6.45, 7) is 1.38. The van der Waals surface area contributed by atoms with Crippen LogP contribution in [0.15, 0.2) is 0 Å². The summed E-state index contributed by atoms with van der Waals surface area (Å²) in [5.41, 5.74) is 0. The molecule has 0 saturated carbocycles. The second-order valence-electron chi connectivity index (χ2n) is 3.12. The summed E-state index contributed by atoms with van der Waals surface area (Å²) >= 11 is 0. The first-order chi connectivity index (χ1) is 5.27. The molecule has 0 aromatic carbocycles. The Labute approximate surface area is 64.3 Å². The summed E-state index contributed by atoms with van der Waals surface area (Å²) in [6.07, 6.45) is 0.372. The summed E-state index contributed by atoms with van der Waals surface area (Å²) < 4.78 is 0. The Balaban J connectivity index is 2.13. The third-order valence-electron chi connectivity index (χ3n) is 2.41. The van der Waals surface area contributed by atoms with Crippen LogP contribution in [0.4, 0.5) is 0 Å². The zero-order valence-electron chi connectivity index (χ0n) is 6.09. The Morgan fingerprint density at radius 3 is 2.73 bits per heavy atom. The van der Waals surface area contributed by atoms with E-state index in [9.17, 15) is 9.59 Å². The summed E-state index contributed by atoms with van der Waals surface area (Å²) in [4.78, 5) is 21.9. The van der Waals surface area contributed by atoms with Crippen molar-refractivity contribution in [1.82, 2.24) is 10.6 Å². The van der Waals surface area contributed by atoms with Crippen molar-refractivity contribution in [2.75, 3.05) is 13.1 Å². The Bertz CT molecular complexity index is 214. The SMILES string of the molecule is O=C1C[C@H]2C(=O)NC[C@H]2CN1. The van der Waals surface area contributed by atoms with E-state index < -0.39 is 0 Å². The van der Waals surface area contributed by atoms with Gasteiger partial charge in [0, 0.05) is 25.4 Å². The van der Waals surface area contributed by atoms with E-state index in [1.807, 2.05) is 0 Å². The molecule has 2 fully saturated rings. The van der Waals surface area contributed by atoms with Crippen LogP contribution in [0, 0.1) is 11.8 Å². The van der Waals surface area contributed by atoms with Crippen LogP contribution >= 0.6 is 0 Å². The molecule has 2 heterocycles. The van der Waals surface area contributed by atoms with Crippen molar-refractivity contribution in [1.29, 1.82) is 0 Å². The predicted molar refractivity (Wildman–Crippen MR) is 37.6 cm³/mol. The molecule has 60 valence electrons. The lowest BCUT2D eigenvalue weighted by molar-refractivity contribution is -0.131. The molecule has 2 amide bonds. The van der Waals surface area contributed by atoms with Gasteiger partial charge in [0.2, 0.25) is 11.8 Å². The highest BCUT2D eigenvalue weighted by Crippen LogP contribution is 2.23. The van der Waals surface area contributed by atoms with Gasteiger partial charge in [-0.05, 0) is 0 Å². The van der Waals surface area contributed by atoms with Crippen molar-refractivity contribution < 1.29 is 9.59 Å². The number of nitrogens with one attached hydrogen (secondary N) is 2. The lowest BCUT2D eigenvalue weighted by Gasteiger charge is -2.22. The largest absolute Gasteiger partial charge is 0.356 e. The Morgan fingerprint density at radius 1 is 1.18 bits per heavy atom. The summed E-state index contributed by atoms with van der Waals surface area (Å²) in [6, 6.07) is 0. The highest BCUT2D eigenvalue weighted by atomic mass is 16.2. The third kappa shape index (κ3) is 0.982. The first-order valence-electron chi connectivity index (χ1n) is 3.82. The van der Waals surface area contributed by atoms with Crippen LogP contribution in [0.5, 0.6) is 0 Å². The van der Waals surface area contributed by atoms with Gasteiger partial charge in [-0.1, -0.05) is 0 Å². The average molecular weight is 154 g/mol. The van der Waals surface area contributed by atoms with Crippen LogP contribution in [0.3, 0.4) is 0 Å². The van der Waals surface area contributed by atoms with E-state index in [2.05, 4.69) is 10.6 Å². The quantitative estimate of drug-likeness (QED) is 0.464. The molecule has 0 unspecified atom stereocenters. The van der Waals surface area contributed by atoms with E-state index >= 15 is 0 Å². The van der Waals surface area contributed by atoms with Crippen LogP contribution in [0.25, 0.3) is 0 Å². The van der Waals surface area contributed by atoms with Crippen molar-refractivity contribution in [3.05, 3.63) is 0 Å². The molecule has 2 atom stereocenters. The molecule has 4 heteroatoms. The number of fused-ring (bicyclic) bond motifs is 1. The van der Waals surface area contributed by atoms with Gasteiger partial charge < -0.3 is 10.6 Å². The van der Waals surface area contributed by atoms with E-state index in [0.29, 0.717) is 18.9 Å². The van der Waals surface area contributed by atoms with Crippen LogP contribution in [-0.4, -0.2) is 24.9 Å². The van der Waals surface area contributed by atoms with Crippen molar-refractivity contribution in [2.45, 2.75) is 6.42 Å². The van der Waals surface area contributed by atoms with Crippen LogP contribution in [0.1, 0.15) is 6.42 Å². The third-order valence-corrected chi connectivity index (χ3v) is 2.41. The van der Waals surface area contributed by atoms with E-state index in [1.165, 1.54) is 0 Å². The highest BCUT2D eigenvalue weighted by Gasteiger charge is 2.38. The van der Waals surface area contributed by atoms with Gasteiger partial charge in [-0.25, -0.2) is 0 Å². The van der Waals surface area contributed by atoms with Crippen molar-refractivity contribution in [3.8, 4) is 0 Å². The molecule has 2 rings (SSSR count). The number of piperidine rings is 1. The van der Waals surface area contributed by atoms with Crippen molar-refractivity contribution in [3.63, 3.8) is 0 Å². The van der Waals surface area contributed by atoms with Gasteiger partial charge in [0.05, 0.1) is 5.92 Å². The molecule has 0 spiro atoms. The molecule has 0 aromatic heterocycles. The average Bonchev–Trinajstić information content (AvgIpc) is 2.33. The normalized spacial score (nSPS) is 36.0. The van der Waals surface area contributed by atoms with Gasteiger partial charge in [-0.15, -0.1) is 0 Å². The van der Waals surface area contributed by atoms with Gasteiger partial charge in [0.1, 0.15) is 0 Å². The van der Waals surface area contributed by atoms with Gasteiger partial charge in [0.15, 0.2) is 0 Å². The maximum atomic E-state index is 11.1. The molecule has 2 N–H and O–H groups in total. The van der Waals surface area contributed by atoms with Gasteiger partial charge in [-0.2, -0.15) is 0 Å².